The number of rotatable bonds is 3. The minimum atomic E-state index is -5.38. The van der Waals surface area contributed by atoms with E-state index in [0.717, 1.165) is 43.7 Å². The number of aromatic amines is 1. The normalized spacial score (nSPS) is 11.0. The fourth-order valence-electron chi connectivity index (χ4n) is 2.71. The maximum atomic E-state index is 13.6. The van der Waals surface area contributed by atoms with E-state index < -0.39 is 52.5 Å². The molecule has 36 heavy (non-hydrogen) atoms. The van der Waals surface area contributed by atoms with Gasteiger partial charge in [0, 0.05) is 25.1 Å². The van der Waals surface area contributed by atoms with Gasteiger partial charge in [-0.1, -0.05) is 13.8 Å². The monoisotopic (exact) mass is 541 g/mol. The number of nitrogens with one attached hydrogen (secondary N) is 1. The standard InChI is InChI=1S/C19H12F7N3O3.C2H6.CH4S/c1-28(12-4-2-11(20)3-5-12)17(31)32-15-13(19(24,25)26)8-10(18(21,22)23)9-14(15)29-7-6-27-16(29)30;2*1-2/h2-9H,1H3,(H,27,30);1-2H3;2H,1H3. The lowest BCUT2D eigenvalue weighted by molar-refractivity contribution is -0.143. The zero-order valence-electron chi connectivity index (χ0n) is 19.3. The molecule has 14 heteroatoms. The first-order valence-corrected chi connectivity index (χ1v) is 10.9. The molecule has 1 amide bonds. The van der Waals surface area contributed by atoms with Crippen molar-refractivity contribution in [1.29, 1.82) is 0 Å². The largest absolute Gasteiger partial charge is 0.420 e. The number of carbonyl (C=O) groups is 1. The van der Waals surface area contributed by atoms with Crippen LogP contribution < -0.4 is 15.3 Å². The van der Waals surface area contributed by atoms with Gasteiger partial charge in [0.15, 0.2) is 5.75 Å². The van der Waals surface area contributed by atoms with Gasteiger partial charge in [-0.05, 0) is 42.7 Å². The Morgan fingerprint density at radius 1 is 1.00 bits per heavy atom. The molecule has 1 aromatic heterocycles. The highest BCUT2D eigenvalue weighted by Crippen LogP contribution is 2.44. The number of hydrogen-bond acceptors (Lipinski definition) is 4. The fraction of sp³-hybridized carbons (Fsp3) is 0.273. The third-order valence-electron chi connectivity index (χ3n) is 4.29. The number of H-pyrrole nitrogens is 1. The van der Waals surface area contributed by atoms with Crippen LogP contribution in [0.5, 0.6) is 5.75 Å². The number of nitrogens with zero attached hydrogens (tertiary/aromatic N) is 2. The van der Waals surface area contributed by atoms with Crippen molar-refractivity contribution < 1.29 is 40.3 Å². The molecule has 0 aliphatic rings. The Labute approximate surface area is 206 Å². The van der Waals surface area contributed by atoms with E-state index in [0.29, 0.717) is 9.47 Å². The highest BCUT2D eigenvalue weighted by molar-refractivity contribution is 7.79. The summed E-state index contributed by atoms with van der Waals surface area (Å²) < 4.78 is 99.0. The van der Waals surface area contributed by atoms with Gasteiger partial charge in [0.1, 0.15) is 11.4 Å². The van der Waals surface area contributed by atoms with Gasteiger partial charge >= 0.3 is 24.1 Å². The van der Waals surface area contributed by atoms with Crippen LogP contribution in [0.2, 0.25) is 0 Å². The highest BCUT2D eigenvalue weighted by atomic mass is 32.1. The molecule has 0 spiro atoms. The number of benzene rings is 2. The van der Waals surface area contributed by atoms with Crippen LogP contribution in [0.1, 0.15) is 25.0 Å². The number of imidazole rings is 1. The van der Waals surface area contributed by atoms with E-state index in [-0.39, 0.29) is 17.8 Å². The number of carbonyl (C=O) groups excluding carboxylic acids is 1. The second-order valence-electron chi connectivity index (χ2n) is 6.41. The Balaban J connectivity index is 0.00000154. The summed E-state index contributed by atoms with van der Waals surface area (Å²) in [6.45, 7) is 4.00. The van der Waals surface area contributed by atoms with Crippen LogP contribution in [0.4, 0.5) is 41.2 Å². The maximum absolute atomic E-state index is 13.6. The van der Waals surface area contributed by atoms with E-state index in [4.69, 9.17) is 4.74 Å². The zero-order valence-corrected chi connectivity index (χ0v) is 20.2. The molecule has 2 aromatic carbocycles. The molecule has 0 aliphatic carbocycles. The molecule has 0 unspecified atom stereocenters. The summed E-state index contributed by atoms with van der Waals surface area (Å²) in [5, 5.41) is 0. The zero-order chi connectivity index (χ0) is 27.8. The van der Waals surface area contributed by atoms with Gasteiger partial charge in [0.05, 0.1) is 11.3 Å². The minimum absolute atomic E-state index is 0.0252. The van der Waals surface area contributed by atoms with E-state index >= 15 is 0 Å². The van der Waals surface area contributed by atoms with Crippen molar-refractivity contribution in [2.24, 2.45) is 0 Å². The molecule has 0 bridgehead atoms. The van der Waals surface area contributed by atoms with Crippen molar-refractivity contribution in [3.8, 4) is 11.4 Å². The summed E-state index contributed by atoms with van der Waals surface area (Å²) in [5.41, 5.74) is -5.63. The summed E-state index contributed by atoms with van der Waals surface area (Å²) in [6.07, 6.45) is -8.44. The quantitative estimate of drug-likeness (QED) is 0.292. The lowest BCUT2D eigenvalue weighted by Gasteiger charge is -2.22. The van der Waals surface area contributed by atoms with Crippen LogP contribution in [0.3, 0.4) is 0 Å². The molecule has 1 heterocycles. The molecule has 0 radical (unpaired) electrons. The molecule has 0 aliphatic heterocycles. The molecule has 0 fully saturated rings. The van der Waals surface area contributed by atoms with Crippen LogP contribution in [-0.2, 0) is 12.4 Å². The molecule has 0 atom stereocenters. The summed E-state index contributed by atoms with van der Waals surface area (Å²) in [7, 11) is 1.09. The van der Waals surface area contributed by atoms with E-state index in [2.05, 4.69) is 17.6 Å². The Morgan fingerprint density at radius 2 is 1.56 bits per heavy atom. The average molecular weight is 541 g/mol. The van der Waals surface area contributed by atoms with Crippen LogP contribution in [0, 0.1) is 5.82 Å². The molecule has 3 aromatic rings. The average Bonchev–Trinajstić information content (AvgIpc) is 3.26. The van der Waals surface area contributed by atoms with E-state index in [9.17, 15) is 40.3 Å². The summed E-state index contributed by atoms with van der Waals surface area (Å²) in [5.74, 6) is -1.96. The van der Waals surface area contributed by atoms with Crippen molar-refractivity contribution in [1.82, 2.24) is 9.55 Å². The number of ether oxygens (including phenoxy) is 1. The number of amides is 1. The van der Waals surface area contributed by atoms with Gasteiger partial charge < -0.3 is 9.72 Å². The van der Waals surface area contributed by atoms with Crippen molar-refractivity contribution in [2.75, 3.05) is 18.2 Å². The Hall–Kier alpha value is -3.42. The minimum Gasteiger partial charge on any atom is -0.407 e. The summed E-state index contributed by atoms with van der Waals surface area (Å²) in [6, 6.07) is 4.25. The van der Waals surface area contributed by atoms with Crippen molar-refractivity contribution in [3.63, 3.8) is 0 Å². The van der Waals surface area contributed by atoms with Gasteiger partial charge in [-0.2, -0.15) is 39.0 Å². The van der Waals surface area contributed by atoms with Crippen LogP contribution in [0.15, 0.2) is 53.6 Å². The number of alkyl halides is 6. The smallest absolute Gasteiger partial charge is 0.407 e. The first kappa shape index (κ1) is 30.6. The SMILES string of the molecule is CC.CN(C(=O)Oc1c(-n2cc[nH]c2=O)cc(C(F)(F)F)cc1C(F)(F)F)c1ccc(F)cc1.CS. The van der Waals surface area contributed by atoms with E-state index in [1.165, 1.54) is 0 Å². The van der Waals surface area contributed by atoms with E-state index in [1.807, 2.05) is 13.8 Å². The first-order chi connectivity index (χ1) is 16.8. The van der Waals surface area contributed by atoms with Crippen molar-refractivity contribution in [2.45, 2.75) is 26.2 Å². The van der Waals surface area contributed by atoms with Gasteiger partial charge in [-0.3, -0.25) is 9.47 Å². The number of hydrogen-bond donors (Lipinski definition) is 2. The van der Waals surface area contributed by atoms with Crippen molar-refractivity contribution in [3.05, 3.63) is 76.2 Å². The van der Waals surface area contributed by atoms with Gasteiger partial charge in [0.25, 0.3) is 0 Å². The predicted octanol–water partition coefficient (Wildman–Crippen LogP) is 6.55. The topological polar surface area (TPSA) is 67.3 Å². The summed E-state index contributed by atoms with van der Waals surface area (Å²) >= 11 is 3.53. The van der Waals surface area contributed by atoms with Crippen LogP contribution in [-0.4, -0.2) is 28.9 Å². The molecule has 3 rings (SSSR count). The third-order valence-corrected chi connectivity index (χ3v) is 4.29. The number of aromatic nitrogens is 2. The lowest BCUT2D eigenvalue weighted by atomic mass is 10.1. The van der Waals surface area contributed by atoms with Gasteiger partial charge in [-0.25, -0.2) is 14.0 Å². The fourth-order valence-corrected chi connectivity index (χ4v) is 2.71. The van der Waals surface area contributed by atoms with Crippen LogP contribution >= 0.6 is 12.6 Å². The first-order valence-electron chi connectivity index (χ1n) is 10.0. The second-order valence-corrected chi connectivity index (χ2v) is 6.41. The predicted molar refractivity (Wildman–Crippen MR) is 123 cm³/mol. The molecule has 0 saturated carbocycles. The Morgan fingerprint density at radius 3 is 2.00 bits per heavy atom. The Bertz CT molecular complexity index is 1200. The molecule has 6 nitrogen and oxygen atoms in total. The number of halogens is 7. The molecule has 1 N–H and O–H groups in total. The highest BCUT2D eigenvalue weighted by Gasteiger charge is 2.41. The second kappa shape index (κ2) is 12.5. The molecular weight excluding hydrogens is 519 g/mol. The maximum Gasteiger partial charge on any atom is 0.420 e. The summed E-state index contributed by atoms with van der Waals surface area (Å²) in [4.78, 5) is 27.2. The molecular formula is C22H22F7N3O3S. The Kier molecular flexibility index (Phi) is 10.6. The van der Waals surface area contributed by atoms with Gasteiger partial charge in [0.2, 0.25) is 0 Å². The van der Waals surface area contributed by atoms with Crippen LogP contribution in [0.25, 0.3) is 5.69 Å². The van der Waals surface area contributed by atoms with E-state index in [1.54, 1.807) is 6.26 Å². The molecule has 0 saturated heterocycles. The van der Waals surface area contributed by atoms with Crippen molar-refractivity contribution >= 4 is 24.4 Å². The number of anilines is 1. The van der Waals surface area contributed by atoms with Gasteiger partial charge in [-0.15, -0.1) is 0 Å². The number of thiol groups is 1. The third kappa shape index (κ3) is 7.29. The lowest BCUT2D eigenvalue weighted by Crippen LogP contribution is -2.31. The molecule has 198 valence electrons.